The Bertz CT molecular complexity index is 794. The van der Waals surface area contributed by atoms with E-state index in [1.165, 1.54) is 12.8 Å². The minimum atomic E-state index is -0.0422. The molecule has 1 aromatic carbocycles. The molecule has 0 aromatic heterocycles. The highest BCUT2D eigenvalue weighted by atomic mass is 35.5. The van der Waals surface area contributed by atoms with E-state index in [9.17, 15) is 9.59 Å². The van der Waals surface area contributed by atoms with Gasteiger partial charge in [0.2, 0.25) is 18.6 Å². The third kappa shape index (κ3) is 4.69. The summed E-state index contributed by atoms with van der Waals surface area (Å²) in [6.45, 7) is 3.18. The molecule has 0 bridgehead atoms. The largest absolute Gasteiger partial charge is 0.454 e. The van der Waals surface area contributed by atoms with Gasteiger partial charge >= 0.3 is 0 Å². The number of benzene rings is 1. The van der Waals surface area contributed by atoms with Crippen molar-refractivity contribution in [2.45, 2.75) is 38.5 Å². The maximum absolute atomic E-state index is 12.8. The maximum Gasteiger partial charge on any atom is 0.246 e. The minimum absolute atomic E-state index is 0.0422. The fourth-order valence-electron chi connectivity index (χ4n) is 4.25. The van der Waals surface area contributed by atoms with Crippen LogP contribution in [0, 0.1) is 5.92 Å². The number of rotatable bonds is 3. The van der Waals surface area contributed by atoms with Crippen LogP contribution in [0.15, 0.2) is 18.2 Å². The van der Waals surface area contributed by atoms with Gasteiger partial charge < -0.3 is 19.3 Å². The quantitative estimate of drug-likeness (QED) is 0.702. The van der Waals surface area contributed by atoms with Crippen LogP contribution in [0.25, 0.3) is 6.08 Å². The normalized spacial score (nSPS) is 20.2. The first kappa shape index (κ1) is 20.1. The Labute approximate surface area is 176 Å². The highest BCUT2D eigenvalue weighted by Gasteiger charge is 2.30. The molecule has 156 valence electrons. The van der Waals surface area contributed by atoms with E-state index < -0.39 is 0 Å². The van der Waals surface area contributed by atoms with Crippen LogP contribution in [0.2, 0.25) is 5.02 Å². The summed E-state index contributed by atoms with van der Waals surface area (Å²) in [6, 6.07) is 3.56. The number of piperidine rings is 1. The lowest BCUT2D eigenvalue weighted by Gasteiger charge is -2.33. The molecule has 3 aliphatic rings. The van der Waals surface area contributed by atoms with Crippen LogP contribution in [0.4, 0.5) is 0 Å². The molecule has 0 spiro atoms. The average molecular weight is 419 g/mol. The van der Waals surface area contributed by atoms with Crippen molar-refractivity contribution in [2.24, 2.45) is 5.92 Å². The maximum atomic E-state index is 12.8. The third-order valence-electron chi connectivity index (χ3n) is 5.94. The Morgan fingerprint density at radius 2 is 1.69 bits per heavy atom. The Kier molecular flexibility index (Phi) is 6.28. The van der Waals surface area contributed by atoms with Gasteiger partial charge in [-0.1, -0.05) is 24.4 Å². The number of likely N-dealkylation sites (tertiary alicyclic amines) is 2. The van der Waals surface area contributed by atoms with Crippen molar-refractivity contribution in [1.82, 2.24) is 9.80 Å². The van der Waals surface area contributed by atoms with Crippen LogP contribution in [0.3, 0.4) is 0 Å². The molecule has 0 unspecified atom stereocenters. The molecule has 2 saturated heterocycles. The summed E-state index contributed by atoms with van der Waals surface area (Å²) in [6.07, 6.45) is 9.44. The minimum Gasteiger partial charge on any atom is -0.454 e. The van der Waals surface area contributed by atoms with Gasteiger partial charge in [-0.2, -0.15) is 0 Å². The van der Waals surface area contributed by atoms with Crippen molar-refractivity contribution >= 4 is 29.5 Å². The highest BCUT2D eigenvalue weighted by Crippen LogP contribution is 2.40. The summed E-state index contributed by atoms with van der Waals surface area (Å²) in [5.41, 5.74) is 0.791. The van der Waals surface area contributed by atoms with Crippen LogP contribution in [-0.2, 0) is 9.59 Å². The first-order valence-electron chi connectivity index (χ1n) is 10.5. The molecule has 2 amide bonds. The van der Waals surface area contributed by atoms with E-state index in [-0.39, 0.29) is 24.5 Å². The van der Waals surface area contributed by atoms with E-state index >= 15 is 0 Å². The van der Waals surface area contributed by atoms with Crippen LogP contribution < -0.4 is 9.47 Å². The second-order valence-electron chi connectivity index (χ2n) is 7.91. The standard InChI is InChI=1S/C22H27ClN2O4/c23-18-13-16(14-19-21(18)29-15-28-19)5-6-20(26)24-11-7-17(8-12-24)22(27)25-9-3-1-2-4-10-25/h5-6,13-14,17H,1-4,7-12,15H2. The number of halogens is 1. The molecule has 3 aliphatic heterocycles. The van der Waals surface area contributed by atoms with Crippen molar-refractivity contribution in [2.75, 3.05) is 33.0 Å². The summed E-state index contributed by atoms with van der Waals surface area (Å²) >= 11 is 6.19. The monoisotopic (exact) mass is 418 g/mol. The summed E-state index contributed by atoms with van der Waals surface area (Å²) in [5.74, 6) is 1.43. The van der Waals surface area contributed by atoms with Crippen LogP contribution in [-0.4, -0.2) is 54.6 Å². The SMILES string of the molecule is O=C(C=Cc1cc(Cl)c2c(c1)OCO2)N1CCC(C(=O)N2CCCCCC2)CC1. The molecule has 4 rings (SSSR count). The molecule has 1 aromatic rings. The van der Waals surface area contributed by atoms with E-state index in [1.807, 2.05) is 15.9 Å². The lowest BCUT2D eigenvalue weighted by molar-refractivity contribution is -0.139. The zero-order valence-corrected chi connectivity index (χ0v) is 17.3. The van der Waals surface area contributed by atoms with Gasteiger partial charge in [0, 0.05) is 38.2 Å². The number of carbonyl (C=O) groups is 2. The zero-order chi connectivity index (χ0) is 20.2. The smallest absolute Gasteiger partial charge is 0.246 e. The van der Waals surface area contributed by atoms with E-state index in [0.717, 1.165) is 44.3 Å². The Hall–Kier alpha value is -2.21. The molecular formula is C22H27ClN2O4. The highest BCUT2D eigenvalue weighted by molar-refractivity contribution is 6.32. The fraction of sp³-hybridized carbons (Fsp3) is 0.545. The fourth-order valence-corrected chi connectivity index (χ4v) is 4.53. The van der Waals surface area contributed by atoms with Gasteiger partial charge in [-0.3, -0.25) is 9.59 Å². The number of amides is 2. The van der Waals surface area contributed by atoms with Crippen molar-refractivity contribution in [3.05, 3.63) is 28.8 Å². The number of fused-ring (bicyclic) bond motifs is 1. The van der Waals surface area contributed by atoms with Crippen molar-refractivity contribution in [3.63, 3.8) is 0 Å². The first-order valence-corrected chi connectivity index (χ1v) is 10.8. The Balaban J connectivity index is 1.30. The lowest BCUT2D eigenvalue weighted by atomic mass is 9.95. The second-order valence-corrected chi connectivity index (χ2v) is 8.32. The summed E-state index contributed by atoms with van der Waals surface area (Å²) in [4.78, 5) is 29.2. The summed E-state index contributed by atoms with van der Waals surface area (Å²) in [7, 11) is 0. The van der Waals surface area contributed by atoms with E-state index in [2.05, 4.69) is 0 Å². The van der Waals surface area contributed by atoms with Crippen LogP contribution in [0.1, 0.15) is 44.1 Å². The number of carbonyl (C=O) groups excluding carboxylic acids is 2. The van der Waals surface area contributed by atoms with Gasteiger partial charge in [-0.15, -0.1) is 0 Å². The zero-order valence-electron chi connectivity index (χ0n) is 16.6. The summed E-state index contributed by atoms with van der Waals surface area (Å²) in [5, 5.41) is 0.472. The number of hydrogen-bond donors (Lipinski definition) is 0. The van der Waals surface area contributed by atoms with Gasteiger partial charge in [-0.05, 0) is 49.5 Å². The van der Waals surface area contributed by atoms with Crippen LogP contribution in [0.5, 0.6) is 11.5 Å². The first-order chi connectivity index (χ1) is 14.1. The van der Waals surface area contributed by atoms with E-state index in [0.29, 0.717) is 29.6 Å². The molecule has 7 heteroatoms. The van der Waals surface area contributed by atoms with E-state index in [1.54, 1.807) is 18.2 Å². The number of hydrogen-bond acceptors (Lipinski definition) is 4. The molecule has 29 heavy (non-hydrogen) atoms. The average Bonchev–Trinajstić information content (AvgIpc) is 3.05. The van der Waals surface area contributed by atoms with Gasteiger partial charge in [-0.25, -0.2) is 0 Å². The molecular weight excluding hydrogens is 392 g/mol. The van der Waals surface area contributed by atoms with Crippen molar-refractivity contribution < 1.29 is 19.1 Å². The summed E-state index contributed by atoms with van der Waals surface area (Å²) < 4.78 is 10.7. The van der Waals surface area contributed by atoms with Gasteiger partial charge in [0.1, 0.15) is 0 Å². The topological polar surface area (TPSA) is 59.1 Å². The third-order valence-corrected chi connectivity index (χ3v) is 6.22. The lowest BCUT2D eigenvalue weighted by Crippen LogP contribution is -2.44. The van der Waals surface area contributed by atoms with Gasteiger partial charge in [0.25, 0.3) is 0 Å². The predicted octanol–water partition coefficient (Wildman–Crippen LogP) is 3.72. The second kappa shape index (κ2) is 9.08. The Morgan fingerprint density at radius 1 is 0.966 bits per heavy atom. The van der Waals surface area contributed by atoms with Crippen LogP contribution >= 0.6 is 11.6 Å². The molecule has 2 fully saturated rings. The molecule has 0 atom stereocenters. The molecule has 0 saturated carbocycles. The van der Waals surface area contributed by atoms with E-state index in [4.69, 9.17) is 21.1 Å². The molecule has 3 heterocycles. The number of nitrogens with zero attached hydrogens (tertiary/aromatic N) is 2. The van der Waals surface area contributed by atoms with Gasteiger partial charge in [0.05, 0.1) is 5.02 Å². The van der Waals surface area contributed by atoms with Crippen molar-refractivity contribution in [1.29, 1.82) is 0 Å². The Morgan fingerprint density at radius 3 is 2.41 bits per heavy atom. The molecule has 0 aliphatic carbocycles. The number of ether oxygens (including phenoxy) is 2. The molecule has 6 nitrogen and oxygen atoms in total. The predicted molar refractivity (Wildman–Crippen MR) is 111 cm³/mol. The van der Waals surface area contributed by atoms with Crippen molar-refractivity contribution in [3.8, 4) is 11.5 Å². The molecule has 0 radical (unpaired) electrons. The molecule has 0 N–H and O–H groups in total. The van der Waals surface area contributed by atoms with Gasteiger partial charge in [0.15, 0.2) is 11.5 Å².